The summed E-state index contributed by atoms with van der Waals surface area (Å²) < 4.78 is 17.9. The normalized spacial score (nSPS) is 20.2. The summed E-state index contributed by atoms with van der Waals surface area (Å²) in [5, 5.41) is 0. The number of ether oxygens (including phenoxy) is 3. The van der Waals surface area contributed by atoms with E-state index in [1.165, 1.54) is 0 Å². The van der Waals surface area contributed by atoms with Crippen LogP contribution < -0.4 is 19.9 Å². The molecule has 1 fully saturated rings. The topological polar surface area (TPSA) is 99.2 Å². The Kier molecular flexibility index (Phi) is 8.38. The molecule has 0 aliphatic heterocycles. The Hall–Kier alpha value is -4.20. The number of benzene rings is 2. The zero-order valence-corrected chi connectivity index (χ0v) is 24.4. The summed E-state index contributed by atoms with van der Waals surface area (Å²) in [6, 6.07) is 24.8. The van der Waals surface area contributed by atoms with Crippen molar-refractivity contribution in [3.63, 3.8) is 0 Å². The number of nitrogens with one attached hydrogen (secondary N) is 1. The lowest BCUT2D eigenvalue weighted by Gasteiger charge is -2.52. The number of H-pyrrole nitrogens is 1. The first kappa shape index (κ1) is 28.3. The number of hydrogen-bond acceptors (Lipinski definition) is 7. The van der Waals surface area contributed by atoms with E-state index in [0.29, 0.717) is 17.8 Å². The van der Waals surface area contributed by atoms with E-state index >= 15 is 0 Å². The highest BCUT2D eigenvalue weighted by Crippen LogP contribution is 2.66. The van der Waals surface area contributed by atoms with E-state index in [0.717, 1.165) is 22.5 Å². The molecule has 1 aliphatic carbocycles. The molecule has 0 amide bonds. The average molecular weight is 555 g/mol. The molecule has 8 heteroatoms. The standard InChI is InChI=1S/C33H38N4O4/c1-19(2)39-26-17-24(34-32(38)36-26)30-28(22-13-9-7-10-14-22)31(29(30)23-15-11-8-12-16-23)25-18-27(40-20(3)4)37-33(35-25)41-21(5)6/h7-21,28-31H,1-6H3,(H,34,36,38). The molecule has 2 heterocycles. The van der Waals surface area contributed by atoms with Gasteiger partial charge in [0.25, 0.3) is 0 Å². The molecule has 1 saturated carbocycles. The first-order valence-corrected chi connectivity index (χ1v) is 14.3. The van der Waals surface area contributed by atoms with Gasteiger partial charge >= 0.3 is 11.7 Å². The Bertz CT molecular complexity index is 1430. The molecule has 0 saturated heterocycles. The molecular formula is C33H38N4O4. The second-order valence-corrected chi connectivity index (χ2v) is 11.3. The zero-order valence-electron chi connectivity index (χ0n) is 24.4. The van der Waals surface area contributed by atoms with Crippen molar-refractivity contribution in [2.75, 3.05) is 0 Å². The van der Waals surface area contributed by atoms with Crippen molar-refractivity contribution >= 4 is 0 Å². The minimum absolute atomic E-state index is 0.0138. The average Bonchev–Trinajstić information content (AvgIpc) is 2.88. The van der Waals surface area contributed by atoms with Gasteiger partial charge in [-0.25, -0.2) is 4.79 Å². The van der Waals surface area contributed by atoms with E-state index in [-0.39, 0.29) is 42.0 Å². The van der Waals surface area contributed by atoms with Crippen molar-refractivity contribution in [2.24, 2.45) is 0 Å². The smallest absolute Gasteiger partial charge is 0.348 e. The van der Waals surface area contributed by atoms with Crippen LogP contribution in [-0.4, -0.2) is 38.2 Å². The van der Waals surface area contributed by atoms with Crippen molar-refractivity contribution in [3.8, 4) is 17.8 Å². The Morgan fingerprint density at radius 2 is 1.12 bits per heavy atom. The molecule has 5 rings (SSSR count). The lowest BCUT2D eigenvalue weighted by Crippen LogP contribution is -2.41. The highest BCUT2D eigenvalue weighted by molar-refractivity contribution is 5.46. The van der Waals surface area contributed by atoms with Crippen molar-refractivity contribution < 1.29 is 14.2 Å². The number of rotatable bonds is 10. The van der Waals surface area contributed by atoms with Crippen LogP contribution in [0, 0.1) is 0 Å². The highest BCUT2D eigenvalue weighted by atomic mass is 16.5. The van der Waals surface area contributed by atoms with Crippen LogP contribution in [0.4, 0.5) is 0 Å². The van der Waals surface area contributed by atoms with Crippen molar-refractivity contribution in [1.82, 2.24) is 19.9 Å². The van der Waals surface area contributed by atoms with Crippen LogP contribution in [0.3, 0.4) is 0 Å². The van der Waals surface area contributed by atoms with Crippen LogP contribution in [0.15, 0.2) is 77.6 Å². The Balaban J connectivity index is 1.70. The Labute approximate surface area is 241 Å². The van der Waals surface area contributed by atoms with Crippen molar-refractivity contribution in [1.29, 1.82) is 0 Å². The van der Waals surface area contributed by atoms with E-state index in [2.05, 4.69) is 39.2 Å². The van der Waals surface area contributed by atoms with Crippen LogP contribution in [0.5, 0.6) is 17.8 Å². The molecule has 0 spiro atoms. The molecule has 2 aromatic heterocycles. The minimum atomic E-state index is -0.428. The molecule has 1 N–H and O–H groups in total. The van der Waals surface area contributed by atoms with Crippen molar-refractivity contribution in [2.45, 2.75) is 83.5 Å². The van der Waals surface area contributed by atoms with Gasteiger partial charge in [-0.3, -0.25) is 0 Å². The van der Waals surface area contributed by atoms with E-state index in [1.807, 2.05) is 90.1 Å². The monoisotopic (exact) mass is 554 g/mol. The summed E-state index contributed by atoms with van der Waals surface area (Å²) in [5.74, 6) is 0.646. The van der Waals surface area contributed by atoms with E-state index in [4.69, 9.17) is 19.2 Å². The molecule has 1 aliphatic rings. The molecule has 4 aromatic rings. The third-order valence-electron chi connectivity index (χ3n) is 7.12. The van der Waals surface area contributed by atoms with Crippen LogP contribution in [0.2, 0.25) is 0 Å². The summed E-state index contributed by atoms with van der Waals surface area (Å²) in [7, 11) is 0. The summed E-state index contributed by atoms with van der Waals surface area (Å²) in [5.41, 5.74) is 3.48. The Morgan fingerprint density at radius 1 is 0.610 bits per heavy atom. The maximum atomic E-state index is 12.8. The minimum Gasteiger partial charge on any atom is -0.475 e. The quantitative estimate of drug-likeness (QED) is 0.243. The van der Waals surface area contributed by atoms with E-state index < -0.39 is 5.69 Å². The predicted molar refractivity (Wildman–Crippen MR) is 158 cm³/mol. The van der Waals surface area contributed by atoms with Crippen molar-refractivity contribution in [3.05, 3.63) is 106 Å². The van der Waals surface area contributed by atoms with Gasteiger partial charge in [0.2, 0.25) is 11.8 Å². The maximum Gasteiger partial charge on any atom is 0.348 e. The van der Waals surface area contributed by atoms with Crippen LogP contribution in [0.1, 0.15) is 87.7 Å². The highest BCUT2D eigenvalue weighted by Gasteiger charge is 2.54. The lowest BCUT2D eigenvalue weighted by molar-refractivity contribution is 0.190. The third kappa shape index (κ3) is 6.42. The molecule has 0 radical (unpaired) electrons. The number of nitrogens with zero attached hydrogens (tertiary/aromatic N) is 3. The van der Waals surface area contributed by atoms with Gasteiger partial charge in [-0.2, -0.15) is 15.0 Å². The zero-order chi connectivity index (χ0) is 29.1. The van der Waals surface area contributed by atoms with Gasteiger partial charge in [0.1, 0.15) is 0 Å². The van der Waals surface area contributed by atoms with Gasteiger partial charge in [-0.15, -0.1) is 0 Å². The van der Waals surface area contributed by atoms with E-state index in [9.17, 15) is 4.79 Å². The lowest BCUT2D eigenvalue weighted by atomic mass is 9.50. The van der Waals surface area contributed by atoms with Crippen LogP contribution in [-0.2, 0) is 0 Å². The first-order valence-electron chi connectivity index (χ1n) is 14.3. The molecule has 41 heavy (non-hydrogen) atoms. The van der Waals surface area contributed by atoms with Gasteiger partial charge in [0, 0.05) is 41.5 Å². The van der Waals surface area contributed by atoms with Crippen LogP contribution >= 0.6 is 0 Å². The first-order chi connectivity index (χ1) is 19.7. The van der Waals surface area contributed by atoms with E-state index in [1.54, 1.807) is 0 Å². The molecule has 214 valence electrons. The summed E-state index contributed by atoms with van der Waals surface area (Å²) in [4.78, 5) is 29.4. The second-order valence-electron chi connectivity index (χ2n) is 11.3. The van der Waals surface area contributed by atoms with Gasteiger partial charge in [-0.05, 0) is 52.7 Å². The summed E-state index contributed by atoms with van der Waals surface area (Å²) in [6.07, 6.45) is -0.266. The fraction of sp³-hybridized carbons (Fsp3) is 0.394. The Morgan fingerprint density at radius 3 is 1.63 bits per heavy atom. The fourth-order valence-corrected chi connectivity index (χ4v) is 5.77. The molecule has 0 bridgehead atoms. The number of aromatic nitrogens is 4. The van der Waals surface area contributed by atoms with Gasteiger partial charge in [0.15, 0.2) is 0 Å². The summed E-state index contributed by atoms with van der Waals surface area (Å²) in [6.45, 7) is 11.7. The molecule has 8 nitrogen and oxygen atoms in total. The molecule has 2 atom stereocenters. The number of hydrogen-bond donors (Lipinski definition) is 1. The molecule has 2 unspecified atom stereocenters. The maximum absolute atomic E-state index is 12.8. The number of aromatic amines is 1. The second kappa shape index (κ2) is 12.1. The predicted octanol–water partition coefficient (Wildman–Crippen LogP) is 6.37. The fourth-order valence-electron chi connectivity index (χ4n) is 5.77. The van der Waals surface area contributed by atoms with Gasteiger partial charge in [0.05, 0.1) is 24.0 Å². The largest absolute Gasteiger partial charge is 0.475 e. The van der Waals surface area contributed by atoms with Gasteiger partial charge in [-0.1, -0.05) is 60.7 Å². The SMILES string of the molecule is CC(C)Oc1cc(C2C(c3ccccc3)C(c3cc(OC(C)C)nc(=O)[nH]3)C2c2ccccc2)nc(OC(C)C)n1. The third-order valence-corrected chi connectivity index (χ3v) is 7.12. The van der Waals surface area contributed by atoms with Crippen LogP contribution in [0.25, 0.3) is 0 Å². The van der Waals surface area contributed by atoms with Gasteiger partial charge < -0.3 is 19.2 Å². The summed E-state index contributed by atoms with van der Waals surface area (Å²) >= 11 is 0. The molecule has 2 aromatic carbocycles. The molecular weight excluding hydrogens is 516 g/mol.